The Labute approximate surface area is 142 Å². The number of hydrogen-bond acceptors (Lipinski definition) is 3. The van der Waals surface area contributed by atoms with Crippen LogP contribution in [0.25, 0.3) is 5.57 Å². The highest BCUT2D eigenvalue weighted by Crippen LogP contribution is 2.31. The number of fused-ring (bicyclic) bond motifs is 1. The second-order valence-electron chi connectivity index (χ2n) is 6.00. The number of rotatable bonds is 7. The van der Waals surface area contributed by atoms with Crippen molar-refractivity contribution in [2.24, 2.45) is 0 Å². The second kappa shape index (κ2) is 8.49. The maximum Gasteiger partial charge on any atom is 0.246 e. The van der Waals surface area contributed by atoms with Crippen LogP contribution in [0.15, 0.2) is 24.3 Å². The molecule has 0 fully saturated rings. The molecule has 6 nitrogen and oxygen atoms in total. The first kappa shape index (κ1) is 18.0. The lowest BCUT2D eigenvalue weighted by Crippen LogP contribution is -2.50. The zero-order valence-electron chi connectivity index (χ0n) is 14.4. The third-order valence-corrected chi connectivity index (χ3v) is 3.99. The molecule has 1 aliphatic rings. The minimum Gasteiger partial charge on any atom is -0.489 e. The normalized spacial score (nSPS) is 14.0. The molecule has 0 aromatic heterocycles. The van der Waals surface area contributed by atoms with Gasteiger partial charge in [-0.1, -0.05) is 0 Å². The summed E-state index contributed by atoms with van der Waals surface area (Å²) in [5, 5.41) is 5.59. The predicted octanol–water partition coefficient (Wildman–Crippen LogP) is 1.34. The zero-order valence-corrected chi connectivity index (χ0v) is 14.4. The topological polar surface area (TPSA) is 95.1 Å². The van der Waals surface area contributed by atoms with Gasteiger partial charge in [0.05, 0.1) is 6.54 Å². The van der Waals surface area contributed by atoms with Gasteiger partial charge in [0.15, 0.2) is 0 Å². The number of carbonyl (C=O) groups excluding carboxylic acids is 2. The summed E-state index contributed by atoms with van der Waals surface area (Å²) >= 11 is 0. The number of nitrogens with one attached hydrogen (secondary N) is 2. The van der Waals surface area contributed by atoms with E-state index in [1.54, 1.807) is 0 Å². The molecule has 0 bridgehead atoms. The number of unbranched alkanes of at least 4 members (excludes halogenated alkanes) is 1. The Balaban J connectivity index is 2.05. The third-order valence-electron chi connectivity index (χ3n) is 3.99. The Morgan fingerprint density at radius 1 is 1.33 bits per heavy atom. The summed E-state index contributed by atoms with van der Waals surface area (Å²) in [6.07, 6.45) is 4.40. The van der Waals surface area contributed by atoms with E-state index in [1.807, 2.05) is 31.2 Å². The van der Waals surface area contributed by atoms with Crippen LogP contribution in [0.2, 0.25) is 0 Å². The third kappa shape index (κ3) is 4.83. The largest absolute Gasteiger partial charge is 0.489 e. The first-order valence-electron chi connectivity index (χ1n) is 8.32. The number of anilines is 1. The molecule has 2 amide bonds. The molecule has 0 saturated carbocycles. The van der Waals surface area contributed by atoms with Gasteiger partial charge in [0, 0.05) is 24.2 Å². The Kier molecular flexibility index (Phi) is 6.37. The number of amides is 2. The fourth-order valence-corrected chi connectivity index (χ4v) is 2.68. The number of benzene rings is 1. The molecule has 130 valence electrons. The Morgan fingerprint density at radius 3 is 2.83 bits per heavy atom. The smallest absolute Gasteiger partial charge is 0.246 e. The van der Waals surface area contributed by atoms with Crippen molar-refractivity contribution in [2.45, 2.75) is 39.2 Å². The molecule has 0 unspecified atom stereocenters. The van der Waals surface area contributed by atoms with E-state index >= 15 is 0 Å². The number of carbonyl (C=O) groups is 2. The Hall–Kier alpha value is -2.34. The van der Waals surface area contributed by atoms with E-state index in [9.17, 15) is 9.59 Å². The molecule has 1 heterocycles. The maximum atomic E-state index is 12.5. The molecule has 2 rings (SSSR count). The molecule has 0 spiro atoms. The average Bonchev–Trinajstić information content (AvgIpc) is 2.54. The van der Waals surface area contributed by atoms with Crippen LogP contribution in [0.3, 0.4) is 0 Å². The van der Waals surface area contributed by atoms with Gasteiger partial charge >= 0.3 is 0 Å². The van der Waals surface area contributed by atoms with Crippen molar-refractivity contribution in [3.05, 3.63) is 29.8 Å². The quantitative estimate of drug-likeness (QED) is 0.658. The Morgan fingerprint density at radius 2 is 2.12 bits per heavy atom. The minimum atomic E-state index is -0.535. The van der Waals surface area contributed by atoms with Gasteiger partial charge in [-0.25, -0.2) is 0 Å². The summed E-state index contributed by atoms with van der Waals surface area (Å²) in [5.41, 5.74) is 6.66. The van der Waals surface area contributed by atoms with Crippen molar-refractivity contribution < 1.29 is 20.1 Å². The SMILES string of the molecule is CC(=O)N[C@@H](CCCC[NH3+])C(=O)Nc1ccc2c(c1)OCC=C2C. The van der Waals surface area contributed by atoms with Crippen LogP contribution >= 0.6 is 0 Å². The first-order chi connectivity index (χ1) is 11.5. The molecule has 6 heteroatoms. The van der Waals surface area contributed by atoms with Gasteiger partial charge in [0.25, 0.3) is 0 Å². The van der Waals surface area contributed by atoms with Crippen molar-refractivity contribution in [3.63, 3.8) is 0 Å². The summed E-state index contributed by atoms with van der Waals surface area (Å²) in [7, 11) is 0. The van der Waals surface area contributed by atoms with Crippen LogP contribution in [0.1, 0.15) is 38.7 Å². The van der Waals surface area contributed by atoms with Crippen LogP contribution in [0, 0.1) is 0 Å². The number of allylic oxidation sites excluding steroid dienone is 1. The monoisotopic (exact) mass is 332 g/mol. The van der Waals surface area contributed by atoms with Gasteiger partial charge < -0.3 is 21.1 Å². The molecule has 1 aliphatic heterocycles. The fourth-order valence-electron chi connectivity index (χ4n) is 2.68. The highest BCUT2D eigenvalue weighted by Gasteiger charge is 2.20. The molecule has 1 atom stereocenters. The first-order valence-corrected chi connectivity index (χ1v) is 8.32. The van der Waals surface area contributed by atoms with Gasteiger partial charge in [-0.3, -0.25) is 9.59 Å². The van der Waals surface area contributed by atoms with Gasteiger partial charge in [0.2, 0.25) is 11.8 Å². The second-order valence-corrected chi connectivity index (χ2v) is 6.00. The molecule has 0 saturated heterocycles. The summed E-state index contributed by atoms with van der Waals surface area (Å²) in [4.78, 5) is 23.8. The van der Waals surface area contributed by atoms with Crippen LogP contribution in [-0.2, 0) is 9.59 Å². The van der Waals surface area contributed by atoms with Crippen LogP contribution in [0.4, 0.5) is 5.69 Å². The molecule has 24 heavy (non-hydrogen) atoms. The lowest BCUT2D eigenvalue weighted by molar-refractivity contribution is -0.368. The molecule has 0 radical (unpaired) electrons. The van der Waals surface area contributed by atoms with Gasteiger partial charge in [0.1, 0.15) is 18.4 Å². The van der Waals surface area contributed by atoms with E-state index in [4.69, 9.17) is 4.74 Å². The van der Waals surface area contributed by atoms with Gasteiger partial charge in [-0.15, -0.1) is 0 Å². The van der Waals surface area contributed by atoms with E-state index in [0.717, 1.165) is 30.7 Å². The van der Waals surface area contributed by atoms with Gasteiger partial charge in [-0.2, -0.15) is 0 Å². The molecule has 1 aromatic rings. The maximum absolute atomic E-state index is 12.5. The van der Waals surface area contributed by atoms with Gasteiger partial charge in [-0.05, 0) is 50.0 Å². The highest BCUT2D eigenvalue weighted by molar-refractivity contribution is 5.97. The van der Waals surface area contributed by atoms with Crippen LogP contribution in [-0.4, -0.2) is 31.0 Å². The molecular formula is C18H26N3O3+. The Bertz CT molecular complexity index is 640. The lowest BCUT2D eigenvalue weighted by Gasteiger charge is -2.20. The van der Waals surface area contributed by atoms with E-state index in [-0.39, 0.29) is 11.8 Å². The van der Waals surface area contributed by atoms with Crippen LogP contribution < -0.4 is 21.1 Å². The molecule has 5 N–H and O–H groups in total. The summed E-state index contributed by atoms with van der Waals surface area (Å²) < 4.78 is 5.62. The standard InChI is InChI=1S/C18H25N3O3/c1-12-8-10-24-17-11-14(6-7-15(12)17)21-18(23)16(20-13(2)22)5-3-4-9-19/h6-8,11,16H,3-5,9-10,19H2,1-2H3,(H,20,22)(H,21,23)/p+1/t16-/m0/s1. The number of quaternary nitrogens is 1. The molecular weight excluding hydrogens is 306 g/mol. The fraction of sp³-hybridized carbons (Fsp3) is 0.444. The van der Waals surface area contributed by atoms with E-state index in [1.165, 1.54) is 12.5 Å². The van der Waals surface area contributed by atoms with E-state index in [0.29, 0.717) is 18.7 Å². The molecule has 1 aromatic carbocycles. The van der Waals surface area contributed by atoms with E-state index in [2.05, 4.69) is 16.4 Å². The summed E-state index contributed by atoms with van der Waals surface area (Å²) in [5.74, 6) is 0.345. The summed E-state index contributed by atoms with van der Waals surface area (Å²) in [6.45, 7) is 4.82. The highest BCUT2D eigenvalue weighted by atomic mass is 16.5. The van der Waals surface area contributed by atoms with E-state index < -0.39 is 6.04 Å². The summed E-state index contributed by atoms with van der Waals surface area (Å²) in [6, 6.07) is 5.08. The predicted molar refractivity (Wildman–Crippen MR) is 93.4 cm³/mol. The average molecular weight is 332 g/mol. The van der Waals surface area contributed by atoms with Crippen molar-refractivity contribution >= 4 is 23.1 Å². The molecule has 0 aliphatic carbocycles. The minimum absolute atomic E-state index is 0.209. The zero-order chi connectivity index (χ0) is 17.5. The van der Waals surface area contributed by atoms with Crippen molar-refractivity contribution in [2.75, 3.05) is 18.5 Å². The number of ether oxygens (including phenoxy) is 1. The number of hydrogen-bond donors (Lipinski definition) is 3. The lowest BCUT2D eigenvalue weighted by atomic mass is 10.0. The van der Waals surface area contributed by atoms with Crippen LogP contribution in [0.5, 0.6) is 5.75 Å². The van der Waals surface area contributed by atoms with Crippen molar-refractivity contribution in [1.82, 2.24) is 5.32 Å². The van der Waals surface area contributed by atoms with Crippen molar-refractivity contribution in [1.29, 1.82) is 0 Å². The van der Waals surface area contributed by atoms with Crippen molar-refractivity contribution in [3.8, 4) is 5.75 Å².